The summed E-state index contributed by atoms with van der Waals surface area (Å²) < 4.78 is 0. The van der Waals surface area contributed by atoms with Gasteiger partial charge in [0.25, 0.3) is 0 Å². The molecule has 0 aliphatic carbocycles. The molecule has 0 saturated heterocycles. The Labute approximate surface area is 109 Å². The van der Waals surface area contributed by atoms with Crippen molar-refractivity contribution in [2.45, 2.75) is 34.1 Å². The highest BCUT2D eigenvalue weighted by Crippen LogP contribution is 2.22. The number of hydrogen-bond donors (Lipinski definition) is 1. The van der Waals surface area contributed by atoms with Crippen LogP contribution < -0.4 is 4.90 Å². The molecule has 0 radical (unpaired) electrons. The summed E-state index contributed by atoms with van der Waals surface area (Å²) in [6.45, 7) is 9.89. The molecule has 0 amide bonds. The zero-order valence-corrected chi connectivity index (χ0v) is 11.7. The molecule has 0 aliphatic heterocycles. The number of rotatable bonds is 6. The molecule has 0 aliphatic rings. The van der Waals surface area contributed by atoms with Crippen LogP contribution in [0.2, 0.25) is 0 Å². The second-order valence-corrected chi connectivity index (χ2v) is 5.27. The summed E-state index contributed by atoms with van der Waals surface area (Å²) in [7, 11) is 0. The first kappa shape index (κ1) is 14.6. The van der Waals surface area contributed by atoms with E-state index in [4.69, 9.17) is 5.11 Å². The van der Waals surface area contributed by atoms with Gasteiger partial charge < -0.3 is 10.0 Å². The Bertz CT molecular complexity index is 413. The van der Waals surface area contributed by atoms with Crippen molar-refractivity contribution < 1.29 is 9.90 Å². The molecule has 18 heavy (non-hydrogen) atoms. The SMILES string of the molecule is Cc1ccc(C)c(N(CCC(=O)O)CC(C)C)c1. The number of carbonyl (C=O) groups is 1. The Morgan fingerprint density at radius 2 is 2.00 bits per heavy atom. The van der Waals surface area contributed by atoms with Gasteiger partial charge in [0.1, 0.15) is 0 Å². The predicted octanol–water partition coefficient (Wildman–Crippen LogP) is 3.24. The summed E-state index contributed by atoms with van der Waals surface area (Å²) in [5.74, 6) is -0.229. The largest absolute Gasteiger partial charge is 0.481 e. The van der Waals surface area contributed by atoms with E-state index in [9.17, 15) is 4.79 Å². The van der Waals surface area contributed by atoms with Crippen molar-refractivity contribution in [3.63, 3.8) is 0 Å². The van der Waals surface area contributed by atoms with Gasteiger partial charge in [0, 0.05) is 18.8 Å². The molecular weight excluding hydrogens is 226 g/mol. The molecule has 0 saturated carbocycles. The molecule has 0 atom stereocenters. The van der Waals surface area contributed by atoms with Crippen LogP contribution in [-0.4, -0.2) is 24.2 Å². The molecule has 0 unspecified atom stereocenters. The average molecular weight is 249 g/mol. The normalized spacial score (nSPS) is 10.7. The Hall–Kier alpha value is -1.51. The zero-order chi connectivity index (χ0) is 13.7. The van der Waals surface area contributed by atoms with Crippen molar-refractivity contribution in [2.75, 3.05) is 18.0 Å². The number of aryl methyl sites for hydroxylation is 2. The lowest BCUT2D eigenvalue weighted by Gasteiger charge is -2.28. The Balaban J connectivity index is 2.92. The Kier molecular flexibility index (Phi) is 5.20. The topological polar surface area (TPSA) is 40.5 Å². The molecule has 100 valence electrons. The molecule has 1 aromatic rings. The molecule has 0 bridgehead atoms. The van der Waals surface area contributed by atoms with Crippen LogP contribution in [0.15, 0.2) is 18.2 Å². The first-order chi connectivity index (χ1) is 8.40. The molecule has 0 spiro atoms. The Morgan fingerprint density at radius 1 is 1.33 bits per heavy atom. The van der Waals surface area contributed by atoms with E-state index in [0.717, 1.165) is 12.2 Å². The maximum atomic E-state index is 10.7. The van der Waals surface area contributed by atoms with Crippen LogP contribution in [0.1, 0.15) is 31.4 Å². The van der Waals surface area contributed by atoms with Gasteiger partial charge >= 0.3 is 5.97 Å². The lowest BCUT2D eigenvalue weighted by Crippen LogP contribution is -2.30. The van der Waals surface area contributed by atoms with Gasteiger partial charge in [-0.25, -0.2) is 0 Å². The fourth-order valence-corrected chi connectivity index (χ4v) is 2.04. The predicted molar refractivity (Wildman–Crippen MR) is 75.2 cm³/mol. The molecular formula is C15H23NO2. The van der Waals surface area contributed by atoms with Crippen molar-refractivity contribution in [3.8, 4) is 0 Å². The van der Waals surface area contributed by atoms with Gasteiger partial charge in [0.15, 0.2) is 0 Å². The second-order valence-electron chi connectivity index (χ2n) is 5.27. The maximum absolute atomic E-state index is 10.7. The average Bonchev–Trinajstić information content (AvgIpc) is 2.27. The monoisotopic (exact) mass is 249 g/mol. The van der Waals surface area contributed by atoms with Gasteiger partial charge in [-0.3, -0.25) is 4.79 Å². The number of hydrogen-bond acceptors (Lipinski definition) is 2. The third-order valence-electron chi connectivity index (χ3n) is 2.89. The molecule has 1 rings (SSSR count). The van der Waals surface area contributed by atoms with E-state index in [0.29, 0.717) is 12.5 Å². The molecule has 0 fully saturated rings. The standard InChI is InChI=1S/C15H23NO2/c1-11(2)10-16(8-7-15(17)18)14-9-12(3)5-6-13(14)4/h5-6,9,11H,7-8,10H2,1-4H3,(H,17,18). The summed E-state index contributed by atoms with van der Waals surface area (Å²) in [5.41, 5.74) is 3.57. The van der Waals surface area contributed by atoms with Gasteiger partial charge in [-0.1, -0.05) is 26.0 Å². The number of aliphatic carboxylic acids is 1. The zero-order valence-electron chi connectivity index (χ0n) is 11.7. The van der Waals surface area contributed by atoms with Gasteiger partial charge in [-0.05, 0) is 37.0 Å². The number of benzene rings is 1. The van der Waals surface area contributed by atoms with Crippen LogP contribution >= 0.6 is 0 Å². The van der Waals surface area contributed by atoms with Gasteiger partial charge in [0.05, 0.1) is 6.42 Å². The highest BCUT2D eigenvalue weighted by molar-refractivity contribution is 5.68. The fourth-order valence-electron chi connectivity index (χ4n) is 2.04. The van der Waals surface area contributed by atoms with Gasteiger partial charge in [-0.15, -0.1) is 0 Å². The summed E-state index contributed by atoms with van der Waals surface area (Å²) in [6, 6.07) is 6.32. The Morgan fingerprint density at radius 3 is 2.56 bits per heavy atom. The highest BCUT2D eigenvalue weighted by atomic mass is 16.4. The smallest absolute Gasteiger partial charge is 0.305 e. The molecule has 3 nitrogen and oxygen atoms in total. The lowest BCUT2D eigenvalue weighted by molar-refractivity contribution is -0.136. The van der Waals surface area contributed by atoms with Crippen LogP contribution in [0.3, 0.4) is 0 Å². The van der Waals surface area contributed by atoms with Crippen molar-refractivity contribution in [1.82, 2.24) is 0 Å². The molecule has 0 aromatic heterocycles. The first-order valence-corrected chi connectivity index (χ1v) is 6.44. The van der Waals surface area contributed by atoms with E-state index in [-0.39, 0.29) is 6.42 Å². The van der Waals surface area contributed by atoms with Crippen LogP contribution in [0.4, 0.5) is 5.69 Å². The highest BCUT2D eigenvalue weighted by Gasteiger charge is 2.12. The number of anilines is 1. The summed E-state index contributed by atoms with van der Waals surface area (Å²) >= 11 is 0. The summed E-state index contributed by atoms with van der Waals surface area (Å²) in [4.78, 5) is 12.9. The second kappa shape index (κ2) is 6.43. The van der Waals surface area contributed by atoms with Crippen LogP contribution in [0, 0.1) is 19.8 Å². The molecule has 0 heterocycles. The number of carboxylic acids is 1. The third kappa shape index (κ3) is 4.40. The van der Waals surface area contributed by atoms with Crippen LogP contribution in [0.5, 0.6) is 0 Å². The number of carboxylic acid groups (broad SMARTS) is 1. The van der Waals surface area contributed by atoms with Crippen molar-refractivity contribution in [2.24, 2.45) is 5.92 Å². The number of nitrogens with zero attached hydrogens (tertiary/aromatic N) is 1. The van der Waals surface area contributed by atoms with Crippen LogP contribution in [-0.2, 0) is 4.79 Å². The van der Waals surface area contributed by atoms with E-state index in [1.54, 1.807) is 0 Å². The molecule has 1 N–H and O–H groups in total. The van der Waals surface area contributed by atoms with Gasteiger partial charge in [0.2, 0.25) is 0 Å². The summed E-state index contributed by atoms with van der Waals surface area (Å²) in [5, 5.41) is 8.84. The van der Waals surface area contributed by atoms with E-state index in [2.05, 4.69) is 50.8 Å². The molecule has 3 heteroatoms. The van der Waals surface area contributed by atoms with Crippen molar-refractivity contribution in [1.29, 1.82) is 0 Å². The van der Waals surface area contributed by atoms with E-state index < -0.39 is 5.97 Å². The molecule has 1 aromatic carbocycles. The van der Waals surface area contributed by atoms with Crippen molar-refractivity contribution in [3.05, 3.63) is 29.3 Å². The maximum Gasteiger partial charge on any atom is 0.305 e. The lowest BCUT2D eigenvalue weighted by atomic mass is 10.1. The minimum atomic E-state index is -0.742. The minimum Gasteiger partial charge on any atom is -0.481 e. The summed E-state index contributed by atoms with van der Waals surface area (Å²) in [6.07, 6.45) is 0.181. The van der Waals surface area contributed by atoms with E-state index in [1.807, 2.05) is 0 Å². The first-order valence-electron chi connectivity index (χ1n) is 6.44. The fraction of sp³-hybridized carbons (Fsp3) is 0.533. The van der Waals surface area contributed by atoms with E-state index >= 15 is 0 Å². The minimum absolute atomic E-state index is 0.181. The quantitative estimate of drug-likeness (QED) is 0.841. The van der Waals surface area contributed by atoms with Crippen LogP contribution in [0.25, 0.3) is 0 Å². The van der Waals surface area contributed by atoms with Gasteiger partial charge in [-0.2, -0.15) is 0 Å². The third-order valence-corrected chi connectivity index (χ3v) is 2.89. The van der Waals surface area contributed by atoms with Crippen molar-refractivity contribution >= 4 is 11.7 Å². The van der Waals surface area contributed by atoms with E-state index in [1.165, 1.54) is 11.1 Å².